The fourth-order valence-corrected chi connectivity index (χ4v) is 4.93. The molecule has 4 rings (SSSR count). The number of hydrogen-bond acceptors (Lipinski definition) is 5. The first kappa shape index (κ1) is 26.3. The summed E-state index contributed by atoms with van der Waals surface area (Å²) < 4.78 is 20.6. The number of likely N-dealkylation sites (N-methyl/N-ethyl adjacent to an activating group) is 1. The zero-order chi connectivity index (χ0) is 27.0. The van der Waals surface area contributed by atoms with Gasteiger partial charge < -0.3 is 19.1 Å². The van der Waals surface area contributed by atoms with Crippen LogP contribution in [0.15, 0.2) is 42.6 Å². The van der Waals surface area contributed by atoms with Gasteiger partial charge >= 0.3 is 0 Å². The summed E-state index contributed by atoms with van der Waals surface area (Å²) in [6, 6.07) is 9.87. The lowest BCUT2D eigenvalue weighted by Gasteiger charge is -2.44. The maximum atomic E-state index is 13.8. The molecule has 8 nitrogen and oxygen atoms in total. The van der Waals surface area contributed by atoms with E-state index in [1.807, 2.05) is 11.8 Å². The first-order chi connectivity index (χ1) is 17.5. The van der Waals surface area contributed by atoms with Gasteiger partial charge in [0.25, 0.3) is 17.6 Å². The highest BCUT2D eigenvalue weighted by atomic mass is 19.1. The van der Waals surface area contributed by atoms with Gasteiger partial charge in [0.2, 0.25) is 0 Å². The van der Waals surface area contributed by atoms with Crippen molar-refractivity contribution in [2.24, 2.45) is 7.05 Å². The van der Waals surface area contributed by atoms with Gasteiger partial charge in [0.05, 0.1) is 23.8 Å². The van der Waals surface area contributed by atoms with E-state index in [4.69, 9.17) is 4.74 Å². The van der Waals surface area contributed by atoms with Gasteiger partial charge in [0.15, 0.2) is 0 Å². The van der Waals surface area contributed by atoms with Crippen LogP contribution in [-0.2, 0) is 18.4 Å². The van der Waals surface area contributed by atoms with Gasteiger partial charge in [-0.25, -0.2) is 4.39 Å². The number of benzene rings is 2. The minimum Gasteiger partial charge on any atom is -0.496 e. The molecule has 2 unspecified atom stereocenters. The van der Waals surface area contributed by atoms with E-state index in [1.165, 1.54) is 38.2 Å². The van der Waals surface area contributed by atoms with Crippen LogP contribution in [0.1, 0.15) is 40.1 Å². The number of ketones is 1. The monoisotopic (exact) mass is 508 g/mol. The Hall–Kier alpha value is -3.72. The molecule has 196 valence electrons. The molecule has 0 spiro atoms. The predicted octanol–water partition coefficient (Wildman–Crippen LogP) is 3.33. The molecule has 3 aromatic rings. The van der Waals surface area contributed by atoms with Crippen molar-refractivity contribution < 1.29 is 23.5 Å². The fourth-order valence-electron chi connectivity index (χ4n) is 4.93. The van der Waals surface area contributed by atoms with Crippen molar-refractivity contribution in [2.45, 2.75) is 32.5 Å². The average molecular weight is 509 g/mol. The highest BCUT2D eigenvalue weighted by Crippen LogP contribution is 2.32. The third-order valence-electron chi connectivity index (χ3n) is 7.06. The Morgan fingerprint density at radius 3 is 2.32 bits per heavy atom. The molecule has 9 heteroatoms. The number of rotatable bonds is 6. The fraction of sp³-hybridized carbons (Fsp3) is 0.393. The zero-order valence-electron chi connectivity index (χ0n) is 22.1. The molecule has 37 heavy (non-hydrogen) atoms. The van der Waals surface area contributed by atoms with Gasteiger partial charge in [-0.1, -0.05) is 12.1 Å². The third kappa shape index (κ3) is 5.09. The number of hydrogen-bond donors (Lipinski definition) is 0. The first-order valence-electron chi connectivity index (χ1n) is 12.2. The van der Waals surface area contributed by atoms with Gasteiger partial charge in [-0.15, -0.1) is 0 Å². The molecule has 1 saturated heterocycles. The summed E-state index contributed by atoms with van der Waals surface area (Å²) in [5, 5.41) is 0.530. The average Bonchev–Trinajstić information content (AvgIpc) is 3.20. The molecular formula is C28H33FN4O4. The van der Waals surface area contributed by atoms with Gasteiger partial charge in [-0.05, 0) is 37.6 Å². The summed E-state index contributed by atoms with van der Waals surface area (Å²) >= 11 is 0. The summed E-state index contributed by atoms with van der Waals surface area (Å²) in [5.74, 6) is -1.31. The number of aryl methyl sites for hydroxylation is 1. The molecule has 2 heterocycles. The highest BCUT2D eigenvalue weighted by Gasteiger charge is 2.34. The Bertz CT molecular complexity index is 1350. The molecule has 1 aliphatic rings. The number of aromatic nitrogens is 1. The molecule has 0 bridgehead atoms. The van der Waals surface area contributed by atoms with Crippen molar-refractivity contribution >= 4 is 28.5 Å². The Balaban J connectivity index is 1.63. The Labute approximate surface area is 216 Å². The second-order valence-electron chi connectivity index (χ2n) is 9.96. The number of carbonyl (C=O) groups excluding carboxylic acids is 3. The number of fused-ring (bicyclic) bond motifs is 1. The number of Topliss-reactive ketones (excluding diaryl/α,β-unsaturated/α-hetero) is 1. The van der Waals surface area contributed by atoms with Crippen LogP contribution in [0.5, 0.6) is 5.75 Å². The van der Waals surface area contributed by atoms with E-state index in [1.54, 1.807) is 42.1 Å². The quantitative estimate of drug-likeness (QED) is 0.377. The molecule has 0 radical (unpaired) electrons. The zero-order valence-corrected chi connectivity index (χ0v) is 22.1. The van der Waals surface area contributed by atoms with E-state index in [0.29, 0.717) is 41.9 Å². The van der Waals surface area contributed by atoms with Gasteiger partial charge in [-0.3, -0.25) is 19.3 Å². The Morgan fingerprint density at radius 2 is 1.70 bits per heavy atom. The Kier molecular flexibility index (Phi) is 7.36. The molecule has 2 amide bonds. The normalized spacial score (nSPS) is 18.2. The topological polar surface area (TPSA) is 75.1 Å². The van der Waals surface area contributed by atoms with E-state index in [0.717, 1.165) is 5.56 Å². The minimum absolute atomic E-state index is 0.0755. The number of nitrogens with zero attached hydrogens (tertiary/aromatic N) is 4. The smallest absolute Gasteiger partial charge is 0.294 e. The predicted molar refractivity (Wildman–Crippen MR) is 139 cm³/mol. The lowest BCUT2D eigenvalue weighted by atomic mass is 10.0. The van der Waals surface area contributed by atoms with Gasteiger partial charge in [0.1, 0.15) is 11.6 Å². The molecule has 1 fully saturated rings. The van der Waals surface area contributed by atoms with Crippen LogP contribution in [-0.4, -0.2) is 83.2 Å². The lowest BCUT2D eigenvalue weighted by molar-refractivity contribution is -0.124. The van der Waals surface area contributed by atoms with Crippen LogP contribution in [0.4, 0.5) is 4.39 Å². The summed E-state index contributed by atoms with van der Waals surface area (Å²) in [6.45, 7) is 5.89. The van der Waals surface area contributed by atoms with Crippen molar-refractivity contribution in [3.63, 3.8) is 0 Å². The number of carbonyl (C=O) groups is 3. The number of methoxy groups -OCH3 is 1. The van der Waals surface area contributed by atoms with Crippen LogP contribution in [0.25, 0.3) is 10.9 Å². The molecule has 0 N–H and O–H groups in total. The maximum Gasteiger partial charge on any atom is 0.294 e. The maximum absolute atomic E-state index is 13.8. The number of halogens is 1. The van der Waals surface area contributed by atoms with Gasteiger partial charge in [-0.2, -0.15) is 0 Å². The molecule has 0 saturated carbocycles. The Morgan fingerprint density at radius 1 is 1.03 bits per heavy atom. The van der Waals surface area contributed by atoms with Crippen molar-refractivity contribution in [2.75, 3.05) is 34.3 Å². The molecule has 1 aromatic heterocycles. The van der Waals surface area contributed by atoms with E-state index in [2.05, 4.69) is 11.8 Å². The summed E-state index contributed by atoms with van der Waals surface area (Å²) in [4.78, 5) is 44.5. The van der Waals surface area contributed by atoms with Crippen LogP contribution in [0.3, 0.4) is 0 Å². The van der Waals surface area contributed by atoms with E-state index in [9.17, 15) is 18.8 Å². The molecule has 0 aliphatic carbocycles. The number of ether oxygens (including phenoxy) is 1. The van der Waals surface area contributed by atoms with Crippen molar-refractivity contribution in [1.29, 1.82) is 0 Å². The van der Waals surface area contributed by atoms with Gasteiger partial charge in [0, 0.05) is 70.5 Å². The van der Waals surface area contributed by atoms with E-state index >= 15 is 0 Å². The first-order valence-corrected chi connectivity index (χ1v) is 12.2. The lowest BCUT2D eigenvalue weighted by Crippen LogP contribution is -2.57. The summed E-state index contributed by atoms with van der Waals surface area (Å²) in [6.07, 6.45) is 1.61. The summed E-state index contributed by atoms with van der Waals surface area (Å²) in [7, 11) is 6.35. The SMILES string of the molecule is COc1cc2c(cc1C(=O)N1CC(C)N(Cc3ccc(F)cc3)CC1C)c(C(=O)C(=O)N(C)C)cn2C. The van der Waals surface area contributed by atoms with Crippen molar-refractivity contribution in [3.8, 4) is 5.75 Å². The van der Waals surface area contributed by atoms with Crippen LogP contribution < -0.4 is 4.74 Å². The third-order valence-corrected chi connectivity index (χ3v) is 7.06. The number of amides is 2. The van der Waals surface area contributed by atoms with E-state index < -0.39 is 11.7 Å². The van der Waals surface area contributed by atoms with Crippen LogP contribution in [0.2, 0.25) is 0 Å². The van der Waals surface area contributed by atoms with Crippen LogP contribution >= 0.6 is 0 Å². The minimum atomic E-state index is -0.629. The molecule has 1 aliphatic heterocycles. The molecule has 2 atom stereocenters. The number of piperazine rings is 1. The second kappa shape index (κ2) is 10.3. The standard InChI is InChI=1S/C28H33FN4O4/c1-17-14-33(18(2)13-32(17)15-19-7-9-20(29)10-8-19)27(35)22-11-21-23(26(34)28(36)30(3)4)16-31(5)24(21)12-25(22)37-6/h7-12,16-18H,13-15H2,1-6H3. The van der Waals surface area contributed by atoms with Crippen LogP contribution in [0, 0.1) is 5.82 Å². The largest absolute Gasteiger partial charge is 0.496 e. The van der Waals surface area contributed by atoms with Crippen molar-refractivity contribution in [1.82, 2.24) is 19.3 Å². The van der Waals surface area contributed by atoms with E-state index in [-0.39, 0.29) is 29.4 Å². The molecule has 2 aromatic carbocycles. The van der Waals surface area contributed by atoms with Crippen molar-refractivity contribution in [3.05, 3.63) is 65.1 Å². The second-order valence-corrected chi connectivity index (χ2v) is 9.96. The summed E-state index contributed by atoms with van der Waals surface area (Å²) in [5.41, 5.74) is 2.30. The highest BCUT2D eigenvalue weighted by molar-refractivity contribution is 6.44. The molecular weight excluding hydrogens is 475 g/mol.